The average molecular weight is 291 g/mol. The highest BCUT2D eigenvalue weighted by Gasteiger charge is 2.23. The number of aromatic nitrogens is 3. The van der Waals surface area contributed by atoms with Crippen molar-refractivity contribution in [3.8, 4) is 0 Å². The van der Waals surface area contributed by atoms with Crippen molar-refractivity contribution in [3.05, 3.63) is 23.7 Å². The predicted molar refractivity (Wildman–Crippen MR) is 81.5 cm³/mol. The van der Waals surface area contributed by atoms with Gasteiger partial charge < -0.3 is 9.80 Å². The van der Waals surface area contributed by atoms with Crippen LogP contribution in [0.2, 0.25) is 0 Å². The highest BCUT2D eigenvalue weighted by Crippen LogP contribution is 2.26. The van der Waals surface area contributed by atoms with E-state index in [2.05, 4.69) is 15.0 Å². The topological polar surface area (TPSA) is 62.2 Å². The number of fused-ring (bicyclic) bond motifs is 1. The fourth-order valence-corrected chi connectivity index (χ4v) is 2.49. The number of hydrogen-bond acceptors (Lipinski definition) is 5. The van der Waals surface area contributed by atoms with E-state index < -0.39 is 19.9 Å². The molecule has 1 amide bonds. The SMILES string of the molecule is [2H]C([2H])([2H])N(C(=O)c1cc2cnc(C)nc2nc1N1CCCC1)C([2H])([2H])[2H]. The third-order valence-corrected chi connectivity index (χ3v) is 3.51. The summed E-state index contributed by atoms with van der Waals surface area (Å²) in [4.78, 5) is 27.6. The second-order valence-corrected chi connectivity index (χ2v) is 5.02. The largest absolute Gasteiger partial charge is 0.356 e. The van der Waals surface area contributed by atoms with Gasteiger partial charge in [0.25, 0.3) is 5.91 Å². The van der Waals surface area contributed by atoms with E-state index in [0.29, 0.717) is 29.9 Å². The molecule has 0 saturated carbocycles. The van der Waals surface area contributed by atoms with Crippen molar-refractivity contribution in [3.63, 3.8) is 0 Å². The first-order valence-electron chi connectivity index (χ1n) is 9.72. The van der Waals surface area contributed by atoms with Crippen LogP contribution in [-0.2, 0) is 0 Å². The van der Waals surface area contributed by atoms with Gasteiger partial charge in [-0.1, -0.05) is 0 Å². The lowest BCUT2D eigenvalue weighted by molar-refractivity contribution is 0.0828. The Morgan fingerprint density at radius 1 is 1.33 bits per heavy atom. The summed E-state index contributed by atoms with van der Waals surface area (Å²) in [6.45, 7) is -3.25. The summed E-state index contributed by atoms with van der Waals surface area (Å²) in [6.07, 6.45) is 3.28. The van der Waals surface area contributed by atoms with Crippen molar-refractivity contribution in [2.24, 2.45) is 0 Å². The maximum absolute atomic E-state index is 13.0. The van der Waals surface area contributed by atoms with Crippen molar-refractivity contribution in [2.75, 3.05) is 31.9 Å². The number of carbonyl (C=O) groups excluding carboxylic acids is 1. The van der Waals surface area contributed by atoms with Crippen LogP contribution in [-0.4, -0.2) is 52.8 Å². The molecule has 6 nitrogen and oxygen atoms in total. The van der Waals surface area contributed by atoms with Crippen molar-refractivity contribution in [1.82, 2.24) is 19.9 Å². The average Bonchev–Trinajstić information content (AvgIpc) is 3.04. The smallest absolute Gasteiger partial charge is 0.257 e. The van der Waals surface area contributed by atoms with Crippen LogP contribution in [0.15, 0.2) is 12.3 Å². The molecule has 1 saturated heterocycles. The molecule has 0 spiro atoms. The van der Waals surface area contributed by atoms with E-state index in [1.54, 1.807) is 6.92 Å². The molecule has 110 valence electrons. The predicted octanol–water partition coefficient (Wildman–Crippen LogP) is 1.64. The minimum Gasteiger partial charge on any atom is -0.356 e. The molecule has 0 N–H and O–H groups in total. The number of pyridine rings is 1. The third kappa shape index (κ3) is 2.53. The first kappa shape index (κ1) is 8.26. The van der Waals surface area contributed by atoms with Crippen molar-refractivity contribution < 1.29 is 13.0 Å². The molecule has 2 aromatic rings. The van der Waals surface area contributed by atoms with Gasteiger partial charge in [-0.2, -0.15) is 0 Å². The van der Waals surface area contributed by atoms with Crippen molar-refractivity contribution >= 4 is 22.8 Å². The molecule has 0 atom stereocenters. The molecular weight excluding hydrogens is 266 g/mol. The zero-order chi connectivity index (χ0) is 20.0. The van der Waals surface area contributed by atoms with E-state index >= 15 is 0 Å². The fourth-order valence-electron chi connectivity index (χ4n) is 2.49. The summed E-state index contributed by atoms with van der Waals surface area (Å²) in [6, 6.07) is 1.42. The lowest BCUT2D eigenvalue weighted by Gasteiger charge is -2.21. The van der Waals surface area contributed by atoms with Gasteiger partial charge in [0.05, 0.1) is 5.56 Å². The van der Waals surface area contributed by atoms with Crippen LogP contribution in [0.5, 0.6) is 0 Å². The van der Waals surface area contributed by atoms with Crippen LogP contribution in [0.4, 0.5) is 5.82 Å². The number of rotatable bonds is 2. The van der Waals surface area contributed by atoms with Gasteiger partial charge in [0.2, 0.25) is 0 Å². The molecule has 21 heavy (non-hydrogen) atoms. The monoisotopic (exact) mass is 291 g/mol. The van der Waals surface area contributed by atoms with Crippen LogP contribution in [0.25, 0.3) is 11.0 Å². The molecule has 0 aromatic carbocycles. The molecule has 0 bridgehead atoms. The Morgan fingerprint density at radius 3 is 2.81 bits per heavy atom. The number of hydrogen-bond donors (Lipinski definition) is 0. The van der Waals surface area contributed by atoms with Crippen molar-refractivity contribution in [2.45, 2.75) is 19.8 Å². The Hall–Kier alpha value is -2.24. The molecule has 3 rings (SSSR count). The van der Waals surface area contributed by atoms with Gasteiger partial charge in [-0.15, -0.1) is 0 Å². The van der Waals surface area contributed by atoms with Gasteiger partial charge >= 0.3 is 0 Å². The minimum atomic E-state index is -3.12. The quantitative estimate of drug-likeness (QED) is 0.841. The first-order valence-corrected chi connectivity index (χ1v) is 6.72. The molecule has 1 aliphatic heterocycles. The van der Waals surface area contributed by atoms with Crippen LogP contribution in [0, 0.1) is 6.92 Å². The molecule has 0 unspecified atom stereocenters. The van der Waals surface area contributed by atoms with Crippen LogP contribution >= 0.6 is 0 Å². The lowest BCUT2D eigenvalue weighted by atomic mass is 10.1. The zero-order valence-corrected chi connectivity index (χ0v) is 11.6. The third-order valence-electron chi connectivity index (χ3n) is 3.51. The Morgan fingerprint density at radius 2 is 2.10 bits per heavy atom. The zero-order valence-electron chi connectivity index (χ0n) is 17.6. The van der Waals surface area contributed by atoms with Gasteiger partial charge in [0.1, 0.15) is 11.6 Å². The van der Waals surface area contributed by atoms with Crippen LogP contribution in [0.3, 0.4) is 0 Å². The van der Waals surface area contributed by atoms with E-state index in [1.807, 2.05) is 4.90 Å². The number of carbonyl (C=O) groups is 1. The van der Waals surface area contributed by atoms with Crippen LogP contribution in [0.1, 0.15) is 37.2 Å². The van der Waals surface area contributed by atoms with Gasteiger partial charge in [0.15, 0.2) is 5.65 Å². The second kappa shape index (κ2) is 5.27. The van der Waals surface area contributed by atoms with Crippen molar-refractivity contribution in [1.29, 1.82) is 0 Å². The fraction of sp³-hybridized carbons (Fsp3) is 0.467. The van der Waals surface area contributed by atoms with E-state index in [1.165, 1.54) is 12.3 Å². The second-order valence-electron chi connectivity index (χ2n) is 5.02. The molecule has 0 radical (unpaired) electrons. The summed E-state index contributed by atoms with van der Waals surface area (Å²) in [5, 5.41) is 0.433. The maximum atomic E-state index is 13.0. The number of aryl methyl sites for hydroxylation is 1. The summed E-state index contributed by atoms with van der Waals surface area (Å²) < 4.78 is 45.1. The number of nitrogens with zero attached hydrogens (tertiary/aromatic N) is 5. The summed E-state index contributed by atoms with van der Waals surface area (Å²) in [7, 11) is 0. The van der Waals surface area contributed by atoms with Crippen LogP contribution < -0.4 is 4.90 Å². The molecule has 1 fully saturated rings. The highest BCUT2D eigenvalue weighted by atomic mass is 16.2. The Kier molecular flexibility index (Phi) is 2.07. The Bertz CT molecular complexity index is 861. The molecule has 0 aliphatic carbocycles. The number of amides is 1. The molecule has 2 aromatic heterocycles. The molecule has 3 heterocycles. The Balaban J connectivity index is 2.20. The number of anilines is 1. The van der Waals surface area contributed by atoms with Gasteiger partial charge in [0, 0.05) is 46.8 Å². The summed E-state index contributed by atoms with van der Waals surface area (Å²) >= 11 is 0. The van der Waals surface area contributed by atoms with Gasteiger partial charge in [-0.25, -0.2) is 15.0 Å². The van der Waals surface area contributed by atoms with E-state index in [-0.39, 0.29) is 16.3 Å². The first-order chi connectivity index (χ1) is 12.5. The van der Waals surface area contributed by atoms with E-state index in [9.17, 15) is 4.79 Å². The molecule has 1 aliphatic rings. The maximum Gasteiger partial charge on any atom is 0.257 e. The molecular formula is C15H19N5O. The highest BCUT2D eigenvalue weighted by molar-refractivity contribution is 6.01. The normalized spacial score (nSPS) is 20.1. The van der Waals surface area contributed by atoms with Gasteiger partial charge in [-0.05, 0) is 25.8 Å². The van der Waals surface area contributed by atoms with E-state index in [0.717, 1.165) is 12.8 Å². The summed E-state index contributed by atoms with van der Waals surface area (Å²) in [5.74, 6) is -0.360. The summed E-state index contributed by atoms with van der Waals surface area (Å²) in [5.41, 5.74) is 0.291. The lowest BCUT2D eigenvalue weighted by Crippen LogP contribution is -2.27. The Labute approximate surface area is 132 Å². The molecule has 6 heteroatoms. The van der Waals surface area contributed by atoms with Gasteiger partial charge in [-0.3, -0.25) is 4.79 Å². The minimum absolute atomic E-state index is 0.0442. The standard InChI is InChI=1S/C15H19N5O/c1-10-16-9-11-8-12(15(21)19(2)3)14(18-13(11)17-10)20-6-4-5-7-20/h8-9H,4-7H2,1-3H3/i2D3,3D3. The van der Waals surface area contributed by atoms with E-state index in [4.69, 9.17) is 8.22 Å².